The zero-order chi connectivity index (χ0) is 62.3. The number of benzene rings is 4. The molecule has 1 saturated heterocycles. The molecule has 0 atom stereocenters. The lowest BCUT2D eigenvalue weighted by atomic mass is 10.0. The number of methoxy groups -OCH3 is 1. The number of carbonyl (C=O) groups excluding carboxylic acids is 4. The third-order valence-corrected chi connectivity index (χ3v) is 13.0. The van der Waals surface area contributed by atoms with E-state index < -0.39 is 29.7 Å². The first kappa shape index (κ1) is 71.6. The van der Waals surface area contributed by atoms with Gasteiger partial charge in [0.25, 0.3) is 0 Å². The van der Waals surface area contributed by atoms with Crippen molar-refractivity contribution in [1.82, 2.24) is 0 Å². The molecule has 0 saturated carbocycles. The zero-order valence-electron chi connectivity index (χ0n) is 51.3. The van der Waals surface area contributed by atoms with Gasteiger partial charge in [-0.15, -0.1) is 0 Å². The van der Waals surface area contributed by atoms with E-state index in [0.717, 1.165) is 64.2 Å². The summed E-state index contributed by atoms with van der Waals surface area (Å²) in [7, 11) is 1.62. The maximum absolute atomic E-state index is 14.6. The Hall–Kier alpha value is -6.90. The van der Waals surface area contributed by atoms with Crippen molar-refractivity contribution in [2.45, 2.75) is 118 Å². The van der Waals surface area contributed by atoms with E-state index in [2.05, 4.69) is 20.1 Å². The lowest BCUT2D eigenvalue weighted by Crippen LogP contribution is -2.30. The van der Waals surface area contributed by atoms with Gasteiger partial charge in [-0.3, -0.25) is 4.79 Å². The number of hydrogen-bond acceptors (Lipinski definition) is 17. The van der Waals surface area contributed by atoms with Gasteiger partial charge in [0, 0.05) is 36.5 Å². The molecule has 0 spiro atoms. The Bertz CT molecular complexity index is 2640. The van der Waals surface area contributed by atoms with E-state index in [1.807, 2.05) is 6.07 Å². The third kappa shape index (κ3) is 28.5. The largest absolute Gasteiger partial charge is 0.508 e. The first-order chi connectivity index (χ1) is 41.6. The Labute approximate surface area is 506 Å². The summed E-state index contributed by atoms with van der Waals surface area (Å²) in [5, 5.41) is 0. The van der Waals surface area contributed by atoms with Crippen LogP contribution >= 0.6 is 0 Å². The molecule has 1 aliphatic heterocycles. The van der Waals surface area contributed by atoms with E-state index in [4.69, 9.17) is 61.6 Å². The molecule has 0 amide bonds. The predicted molar refractivity (Wildman–Crippen MR) is 323 cm³/mol. The summed E-state index contributed by atoms with van der Waals surface area (Å²) in [6, 6.07) is 19.4. The Kier molecular flexibility index (Phi) is 35.0. The van der Waals surface area contributed by atoms with Crippen molar-refractivity contribution in [3.05, 3.63) is 109 Å². The number of unbranched alkanes of at least 4 members (excludes halogenated alkanes) is 11. The molecule has 5 rings (SSSR count). The molecule has 4 aromatic carbocycles. The summed E-state index contributed by atoms with van der Waals surface area (Å²) in [6.07, 6.45) is 13.2. The van der Waals surface area contributed by atoms with Crippen molar-refractivity contribution in [3.63, 3.8) is 0 Å². The molecule has 0 radical (unpaired) electrons. The molecule has 0 aliphatic carbocycles. The van der Waals surface area contributed by atoms with Crippen molar-refractivity contribution in [2.75, 3.05) is 99.6 Å². The van der Waals surface area contributed by atoms with Crippen molar-refractivity contribution in [1.29, 1.82) is 0 Å². The fourth-order valence-corrected chi connectivity index (χ4v) is 8.12. The molecule has 86 heavy (non-hydrogen) atoms. The molecule has 4 aromatic rings. The lowest BCUT2D eigenvalue weighted by Gasteiger charge is -2.21. The van der Waals surface area contributed by atoms with E-state index in [1.54, 1.807) is 89.4 Å². The van der Waals surface area contributed by atoms with Crippen LogP contribution in [0.15, 0.2) is 97.1 Å². The smallest absolute Gasteiger partial charge is 0.493 e. The topological polar surface area (TPSA) is 188 Å². The third-order valence-electron chi connectivity index (χ3n) is 13.0. The highest BCUT2D eigenvalue weighted by Gasteiger charge is 2.22. The molecule has 1 fully saturated rings. The van der Waals surface area contributed by atoms with Crippen molar-refractivity contribution in [2.24, 2.45) is 11.8 Å². The van der Waals surface area contributed by atoms with Crippen LogP contribution in [-0.4, -0.2) is 124 Å². The second-order valence-corrected chi connectivity index (χ2v) is 21.0. The number of ether oxygens (including phenoxy) is 13. The van der Waals surface area contributed by atoms with Gasteiger partial charge in [-0.2, -0.15) is 0 Å². The summed E-state index contributed by atoms with van der Waals surface area (Å²) >= 11 is 0. The fraction of sp³-hybridized carbons (Fsp3) is 0.522. The van der Waals surface area contributed by atoms with Crippen LogP contribution < -0.4 is 28.4 Å². The van der Waals surface area contributed by atoms with Crippen molar-refractivity contribution < 1.29 is 89.5 Å². The SMILES string of the molecule is C=C(C)C(=O)Oc1cc(-c2ccc(OCCCCCC)cc2OC(=O)C(=C)C)ccc1OCCOCCOCCOCCOC.CC(C)C(=O)Oc1ccc(-c2cc(F)c(OCCCCCCCCCCCOCC3COC(=O)OC3)c(F)c2)cc1. The van der Waals surface area contributed by atoms with Gasteiger partial charge in [0.05, 0.1) is 77.9 Å². The molecule has 0 unspecified atom stereocenters. The molecule has 19 heteroatoms. The Morgan fingerprint density at radius 1 is 0.523 bits per heavy atom. The van der Waals surface area contributed by atoms with Gasteiger partial charge in [0.2, 0.25) is 0 Å². The van der Waals surface area contributed by atoms with E-state index in [0.29, 0.717) is 119 Å². The highest BCUT2D eigenvalue weighted by molar-refractivity contribution is 5.91. The summed E-state index contributed by atoms with van der Waals surface area (Å²) in [5.74, 6) is -1.69. The fourth-order valence-electron chi connectivity index (χ4n) is 8.12. The minimum absolute atomic E-state index is 0.122. The number of carbonyl (C=O) groups is 4. The average Bonchev–Trinajstić information content (AvgIpc) is 1.60. The molecule has 0 aromatic heterocycles. The maximum Gasteiger partial charge on any atom is 0.508 e. The van der Waals surface area contributed by atoms with Gasteiger partial charge in [-0.25, -0.2) is 23.2 Å². The summed E-state index contributed by atoms with van der Waals surface area (Å²) in [4.78, 5) is 47.5. The molecule has 0 N–H and O–H groups in total. The normalized spacial score (nSPS) is 12.1. The standard InChI is InChI=1S/C35H48O10.C32H42F2O7/c1-7-8-9-10-15-42-29-12-13-30(32(25-29)44-34(36)26(2)3)28-11-14-31(33(24-28)45-35(37)27(4)5)43-23-22-41-21-20-40-19-18-39-17-16-38-6;1-23(2)31(35)41-27-14-12-25(13-15-27)26-18-28(33)30(29(34)19-26)38-17-11-9-7-5-3-4-6-8-10-16-37-20-24-21-39-32(36)40-22-24/h11-14,24-25H,2,4,7-10,15-23H2,1,3,5-6H3;12-15,18-19,23-24H,3-11,16-17,20-22H2,1-2H3. The number of esters is 3. The van der Waals surface area contributed by atoms with Crippen LogP contribution in [0.1, 0.15) is 118 Å². The van der Waals surface area contributed by atoms with E-state index >= 15 is 0 Å². The van der Waals surface area contributed by atoms with E-state index in [1.165, 1.54) is 31.4 Å². The Balaban J connectivity index is 0.000000370. The van der Waals surface area contributed by atoms with Gasteiger partial charge in [0.15, 0.2) is 28.9 Å². The highest BCUT2D eigenvalue weighted by Crippen LogP contribution is 2.39. The zero-order valence-corrected chi connectivity index (χ0v) is 51.3. The van der Waals surface area contributed by atoms with Gasteiger partial charge in [-0.05, 0) is 98.3 Å². The van der Waals surface area contributed by atoms with Crippen LogP contribution in [0.4, 0.5) is 13.6 Å². The van der Waals surface area contributed by atoms with Crippen LogP contribution in [0.2, 0.25) is 0 Å². The first-order valence-electron chi connectivity index (χ1n) is 29.9. The molecule has 1 heterocycles. The second kappa shape index (κ2) is 42.0. The predicted octanol–water partition coefficient (Wildman–Crippen LogP) is 14.2. The van der Waals surface area contributed by atoms with Crippen LogP contribution in [-0.2, 0) is 47.5 Å². The highest BCUT2D eigenvalue weighted by atomic mass is 19.1. The minimum atomic E-state index is -0.741. The van der Waals surface area contributed by atoms with Crippen LogP contribution in [0.25, 0.3) is 22.3 Å². The minimum Gasteiger partial charge on any atom is -0.493 e. The Morgan fingerprint density at radius 2 is 1.03 bits per heavy atom. The Morgan fingerprint density at radius 3 is 1.60 bits per heavy atom. The van der Waals surface area contributed by atoms with E-state index in [-0.39, 0.29) is 59.4 Å². The van der Waals surface area contributed by atoms with Crippen LogP contribution in [0.3, 0.4) is 0 Å². The quantitative estimate of drug-likeness (QED) is 0.0176. The van der Waals surface area contributed by atoms with Crippen LogP contribution in [0, 0.1) is 23.5 Å². The average molecular weight is 1210 g/mol. The monoisotopic (exact) mass is 1200 g/mol. The molecule has 474 valence electrons. The van der Waals surface area contributed by atoms with Gasteiger partial charge in [0.1, 0.15) is 37.1 Å². The molecule has 1 aliphatic rings. The van der Waals surface area contributed by atoms with Crippen molar-refractivity contribution in [3.8, 4) is 56.8 Å². The number of cyclic esters (lactones) is 2. The van der Waals surface area contributed by atoms with Gasteiger partial charge in [-0.1, -0.05) is 116 Å². The summed E-state index contributed by atoms with van der Waals surface area (Å²) in [5.41, 5.74) is 2.69. The molecular formula is C67H90F2O17. The van der Waals surface area contributed by atoms with Gasteiger partial charge < -0.3 is 61.6 Å². The second-order valence-electron chi connectivity index (χ2n) is 21.0. The molecule has 0 bridgehead atoms. The lowest BCUT2D eigenvalue weighted by molar-refractivity contribution is -0.137. The number of halogens is 2. The van der Waals surface area contributed by atoms with E-state index in [9.17, 15) is 28.0 Å². The number of rotatable bonds is 42. The summed E-state index contributed by atoms with van der Waals surface area (Å²) in [6.45, 7) is 22.3. The molecular weight excluding hydrogens is 1110 g/mol. The summed E-state index contributed by atoms with van der Waals surface area (Å²) < 4.78 is 99.6. The number of hydrogen-bond donors (Lipinski definition) is 0. The van der Waals surface area contributed by atoms with Crippen LogP contribution in [0.5, 0.6) is 34.5 Å². The van der Waals surface area contributed by atoms with Crippen molar-refractivity contribution >= 4 is 24.1 Å². The van der Waals surface area contributed by atoms with Gasteiger partial charge >= 0.3 is 24.1 Å². The first-order valence-corrected chi connectivity index (χ1v) is 29.9. The maximum atomic E-state index is 14.6. The molecule has 17 nitrogen and oxygen atoms in total.